The molecule has 0 aromatic heterocycles. The van der Waals surface area contributed by atoms with Crippen LogP contribution in [0, 0.1) is 0 Å². The van der Waals surface area contributed by atoms with E-state index in [1.807, 2.05) is 12.2 Å². The fourth-order valence-corrected chi connectivity index (χ4v) is 2.46. The molecule has 2 rings (SSSR count). The van der Waals surface area contributed by atoms with Crippen molar-refractivity contribution in [2.45, 2.75) is 58.1 Å². The lowest BCUT2D eigenvalue weighted by molar-refractivity contribution is -0.174. The van der Waals surface area contributed by atoms with Gasteiger partial charge in [0.25, 0.3) is 0 Å². The van der Waals surface area contributed by atoms with Gasteiger partial charge < -0.3 is 15.8 Å². The molecule has 0 spiro atoms. The van der Waals surface area contributed by atoms with E-state index in [0.717, 1.165) is 12.0 Å². The Labute approximate surface area is 174 Å². The van der Waals surface area contributed by atoms with Crippen molar-refractivity contribution in [3.05, 3.63) is 23.8 Å². The molecule has 2 unspecified atom stereocenters. The fourth-order valence-electron chi connectivity index (χ4n) is 2.46. The zero-order valence-electron chi connectivity index (χ0n) is 15.5. The molecule has 1 aromatic carbocycles. The second kappa shape index (κ2) is 11.3. The number of alkyl halides is 3. The van der Waals surface area contributed by atoms with Crippen molar-refractivity contribution in [1.29, 1.82) is 0 Å². The number of nitrogens with two attached hydrogens (primary N) is 1. The van der Waals surface area contributed by atoms with E-state index in [2.05, 4.69) is 10.3 Å². The summed E-state index contributed by atoms with van der Waals surface area (Å²) >= 11 is 0. The first kappa shape index (κ1) is 26.3. The minimum absolute atomic E-state index is 0. The van der Waals surface area contributed by atoms with Gasteiger partial charge in [-0.05, 0) is 31.0 Å². The quantitative estimate of drug-likeness (QED) is 0.560. The van der Waals surface area contributed by atoms with Gasteiger partial charge >= 0.3 is 12.1 Å². The van der Waals surface area contributed by atoms with Crippen molar-refractivity contribution >= 4 is 42.2 Å². The van der Waals surface area contributed by atoms with E-state index in [9.17, 15) is 18.0 Å². The molecule has 28 heavy (non-hydrogen) atoms. The number of aliphatic imine (C=N–C) groups is 1. The summed E-state index contributed by atoms with van der Waals surface area (Å²) in [6.07, 6.45) is -4.09. The molecule has 1 amide bonds. The van der Waals surface area contributed by atoms with E-state index < -0.39 is 18.2 Å². The van der Waals surface area contributed by atoms with Crippen LogP contribution in [0.2, 0.25) is 0 Å². The Hall–Kier alpha value is -1.71. The zero-order chi connectivity index (χ0) is 19.3. The van der Waals surface area contributed by atoms with Gasteiger partial charge in [-0.25, -0.2) is 4.99 Å². The Kier molecular flexibility index (Phi) is 10.6. The van der Waals surface area contributed by atoms with Gasteiger partial charge in [-0.3, -0.25) is 10.1 Å². The normalized spacial score (nSPS) is 16.5. The van der Waals surface area contributed by atoms with Crippen LogP contribution < -0.4 is 21.1 Å². The Morgan fingerprint density at radius 3 is 2.64 bits per heavy atom. The van der Waals surface area contributed by atoms with Crippen molar-refractivity contribution in [3.63, 3.8) is 0 Å². The van der Waals surface area contributed by atoms with Crippen molar-refractivity contribution < 1.29 is 22.7 Å². The highest BCUT2D eigenvalue weighted by molar-refractivity contribution is 5.89. The summed E-state index contributed by atoms with van der Waals surface area (Å²) in [6, 6.07) is 5.29. The summed E-state index contributed by atoms with van der Waals surface area (Å²) < 4.78 is 43.0. The van der Waals surface area contributed by atoms with Crippen LogP contribution in [0.1, 0.15) is 38.7 Å². The van der Waals surface area contributed by atoms with E-state index in [4.69, 9.17) is 10.5 Å². The number of nitrogens with zero attached hydrogens (tertiary/aromatic N) is 1. The molecular weight excluding hydrogens is 420 g/mol. The molecule has 1 heterocycles. The number of amidine groups is 1. The topological polar surface area (TPSA) is 88.7 Å². The maximum atomic E-state index is 12.5. The van der Waals surface area contributed by atoms with Gasteiger partial charge in [-0.1, -0.05) is 25.8 Å². The maximum absolute atomic E-state index is 12.5. The molecule has 0 bridgehead atoms. The molecule has 160 valence electrons. The van der Waals surface area contributed by atoms with Crippen molar-refractivity contribution in [3.8, 4) is 5.75 Å². The Bertz CT molecular complexity index is 687. The molecule has 0 saturated carbocycles. The van der Waals surface area contributed by atoms with Crippen LogP contribution in [-0.4, -0.2) is 30.2 Å². The van der Waals surface area contributed by atoms with Gasteiger partial charge in [0.1, 0.15) is 17.3 Å². The highest BCUT2D eigenvalue weighted by Gasteiger charge is 2.39. The average Bonchev–Trinajstić information content (AvgIpc) is 2.57. The van der Waals surface area contributed by atoms with Gasteiger partial charge in [0.05, 0.1) is 6.17 Å². The van der Waals surface area contributed by atoms with Gasteiger partial charge in [0.15, 0.2) is 6.10 Å². The van der Waals surface area contributed by atoms with Crippen LogP contribution >= 0.6 is 24.8 Å². The summed E-state index contributed by atoms with van der Waals surface area (Å²) in [5.74, 6) is -0.986. The van der Waals surface area contributed by atoms with Crippen molar-refractivity contribution in [1.82, 2.24) is 10.6 Å². The number of amides is 1. The molecule has 1 aliphatic heterocycles. The number of carbonyl (C=O) groups excluding carboxylic acids is 1. The SMILES string of the molecule is CCCCC(NCc1ccc2c(c1)N=C(N)C(C)O2)NC(=O)C(F)(F)F.Cl.Cl. The van der Waals surface area contributed by atoms with Crippen LogP contribution in [-0.2, 0) is 11.3 Å². The first-order valence-corrected chi connectivity index (χ1v) is 8.45. The molecule has 6 nitrogen and oxygen atoms in total. The van der Waals surface area contributed by atoms with Crippen molar-refractivity contribution in [2.75, 3.05) is 0 Å². The largest absolute Gasteiger partial charge is 0.481 e. The second-order valence-electron chi connectivity index (χ2n) is 6.15. The number of halogens is 5. The van der Waals surface area contributed by atoms with E-state index in [0.29, 0.717) is 30.1 Å². The van der Waals surface area contributed by atoms with Crippen molar-refractivity contribution in [2.24, 2.45) is 10.7 Å². The van der Waals surface area contributed by atoms with Crippen LogP contribution in [0.25, 0.3) is 0 Å². The molecule has 0 aliphatic carbocycles. The Morgan fingerprint density at radius 2 is 2.04 bits per heavy atom. The van der Waals surface area contributed by atoms with E-state index in [1.54, 1.807) is 25.1 Å². The molecular formula is C17H25Cl2F3N4O2. The molecule has 4 N–H and O–H groups in total. The minimum atomic E-state index is -4.90. The lowest BCUT2D eigenvalue weighted by Crippen LogP contribution is -2.49. The minimum Gasteiger partial charge on any atom is -0.481 e. The standard InChI is InChI=1S/C17H23F3N4O2.2ClH/c1-3-4-5-14(24-16(25)17(18,19)20)22-9-11-6-7-13-12(8-11)23-15(21)10(2)26-13;;/h6-8,10,14,22H,3-5,9H2,1-2H3,(H2,21,23)(H,24,25);2*1H. The lowest BCUT2D eigenvalue weighted by Gasteiger charge is -2.23. The van der Waals surface area contributed by atoms with Crippen LogP contribution in [0.3, 0.4) is 0 Å². The Morgan fingerprint density at radius 1 is 1.36 bits per heavy atom. The predicted molar refractivity (Wildman–Crippen MR) is 107 cm³/mol. The van der Waals surface area contributed by atoms with E-state index in [1.165, 1.54) is 0 Å². The predicted octanol–water partition coefficient (Wildman–Crippen LogP) is 3.58. The number of carbonyl (C=O) groups is 1. The molecule has 11 heteroatoms. The third kappa shape index (κ3) is 7.37. The molecule has 0 fully saturated rings. The first-order chi connectivity index (χ1) is 12.2. The van der Waals surface area contributed by atoms with Crippen LogP contribution in [0.15, 0.2) is 23.2 Å². The number of hydrogen-bond acceptors (Lipinski definition) is 5. The van der Waals surface area contributed by atoms with Gasteiger partial charge in [0, 0.05) is 6.54 Å². The number of rotatable bonds is 7. The van der Waals surface area contributed by atoms with Gasteiger partial charge in [-0.15, -0.1) is 24.8 Å². The second-order valence-corrected chi connectivity index (χ2v) is 6.15. The molecule has 2 atom stereocenters. The van der Waals surface area contributed by atoms with E-state index >= 15 is 0 Å². The maximum Gasteiger partial charge on any atom is 0.471 e. The molecule has 1 aromatic rings. The summed E-state index contributed by atoms with van der Waals surface area (Å²) in [5.41, 5.74) is 7.14. The average molecular weight is 445 g/mol. The monoisotopic (exact) mass is 444 g/mol. The number of unbranched alkanes of at least 4 members (excludes halogenated alkanes) is 1. The molecule has 0 saturated heterocycles. The first-order valence-electron chi connectivity index (χ1n) is 8.45. The van der Waals surface area contributed by atoms with Crippen LogP contribution in [0.4, 0.5) is 18.9 Å². The number of fused-ring (bicyclic) bond motifs is 1. The highest BCUT2D eigenvalue weighted by atomic mass is 35.5. The van der Waals surface area contributed by atoms with Crippen LogP contribution in [0.5, 0.6) is 5.75 Å². The summed E-state index contributed by atoms with van der Waals surface area (Å²) in [7, 11) is 0. The number of nitrogens with one attached hydrogen (secondary N) is 2. The van der Waals surface area contributed by atoms with Gasteiger partial charge in [-0.2, -0.15) is 13.2 Å². The summed E-state index contributed by atoms with van der Waals surface area (Å²) in [4.78, 5) is 15.5. The third-order valence-electron chi connectivity index (χ3n) is 3.95. The molecule has 1 aliphatic rings. The fraction of sp³-hybridized carbons (Fsp3) is 0.529. The van der Waals surface area contributed by atoms with Gasteiger partial charge in [0.2, 0.25) is 0 Å². The lowest BCUT2D eigenvalue weighted by atomic mass is 10.1. The highest BCUT2D eigenvalue weighted by Crippen LogP contribution is 2.32. The zero-order valence-corrected chi connectivity index (χ0v) is 17.1. The Balaban J connectivity index is 0.00000364. The number of hydrogen-bond donors (Lipinski definition) is 3. The number of ether oxygens (including phenoxy) is 1. The summed E-state index contributed by atoms with van der Waals surface area (Å²) in [6.45, 7) is 3.99. The van der Waals surface area contributed by atoms with E-state index in [-0.39, 0.29) is 37.5 Å². The summed E-state index contributed by atoms with van der Waals surface area (Å²) in [5, 5.41) is 4.94. The molecule has 0 radical (unpaired) electrons. The number of benzene rings is 1. The smallest absolute Gasteiger partial charge is 0.471 e. The third-order valence-corrected chi connectivity index (χ3v) is 3.95.